The van der Waals surface area contributed by atoms with Gasteiger partial charge in [-0.15, -0.1) is 0 Å². The molecule has 10 heteroatoms. The summed E-state index contributed by atoms with van der Waals surface area (Å²) in [4.78, 5) is 33.5. The summed E-state index contributed by atoms with van der Waals surface area (Å²) in [5, 5.41) is 0. The lowest BCUT2D eigenvalue weighted by molar-refractivity contribution is -0.138. The Morgan fingerprint density at radius 1 is 1.00 bits per heavy atom. The molecule has 3 heterocycles. The summed E-state index contributed by atoms with van der Waals surface area (Å²) in [6, 6.07) is 29.6. The van der Waals surface area contributed by atoms with Crippen molar-refractivity contribution in [3.8, 4) is 17.2 Å². The van der Waals surface area contributed by atoms with Crippen LogP contribution in [0, 0.1) is 0 Å². The van der Waals surface area contributed by atoms with E-state index in [0.29, 0.717) is 44.4 Å². The van der Waals surface area contributed by atoms with E-state index >= 15 is 0 Å². The standard InChI is InChI=1S/C36H27BrN2O6S/c1-2-42-35(41)31-32(23-8-4-3-5-9-23)38-36-39(33(31)25-14-17-28-29(18-25)45-21-44-28)34(40)30(46-36)19-24-10-6-7-11-27(24)43-20-22-12-15-26(37)16-13-22/h3-19,33H,2,20-21H2,1H3/b30-19-/t33-/m1/s1. The van der Waals surface area contributed by atoms with E-state index < -0.39 is 12.0 Å². The highest BCUT2D eigenvalue weighted by atomic mass is 79.9. The number of hydrogen-bond donors (Lipinski definition) is 0. The third-order valence-corrected chi connectivity index (χ3v) is 9.11. The van der Waals surface area contributed by atoms with Crippen molar-refractivity contribution >= 4 is 45.0 Å². The van der Waals surface area contributed by atoms with Crippen LogP contribution in [0.5, 0.6) is 17.2 Å². The number of benzene rings is 4. The zero-order valence-corrected chi connectivity index (χ0v) is 27.0. The molecule has 0 amide bonds. The van der Waals surface area contributed by atoms with Crippen molar-refractivity contribution in [2.24, 2.45) is 4.99 Å². The summed E-state index contributed by atoms with van der Waals surface area (Å²) in [6.45, 7) is 2.38. The monoisotopic (exact) mass is 694 g/mol. The van der Waals surface area contributed by atoms with Crippen molar-refractivity contribution in [2.75, 3.05) is 13.4 Å². The van der Waals surface area contributed by atoms with Crippen molar-refractivity contribution in [3.63, 3.8) is 0 Å². The normalized spacial score (nSPS) is 15.3. The Kier molecular flexibility index (Phi) is 8.30. The molecule has 230 valence electrons. The maximum Gasteiger partial charge on any atom is 0.338 e. The molecule has 2 aliphatic heterocycles. The number of hydrogen-bond acceptors (Lipinski definition) is 8. The second-order valence-corrected chi connectivity index (χ2v) is 12.4. The summed E-state index contributed by atoms with van der Waals surface area (Å²) in [5.74, 6) is 1.23. The van der Waals surface area contributed by atoms with Crippen molar-refractivity contribution in [2.45, 2.75) is 19.6 Å². The number of fused-ring (bicyclic) bond motifs is 2. The minimum atomic E-state index is -0.828. The van der Waals surface area contributed by atoms with Crippen LogP contribution in [0.15, 0.2) is 117 Å². The van der Waals surface area contributed by atoms with Gasteiger partial charge in [0.15, 0.2) is 16.3 Å². The molecule has 0 spiro atoms. The molecule has 0 saturated heterocycles. The maximum atomic E-state index is 14.3. The highest BCUT2D eigenvalue weighted by molar-refractivity contribution is 9.10. The fraction of sp³-hybridized carbons (Fsp3) is 0.139. The molecule has 46 heavy (non-hydrogen) atoms. The van der Waals surface area contributed by atoms with E-state index in [-0.39, 0.29) is 24.5 Å². The van der Waals surface area contributed by atoms with Gasteiger partial charge in [0.25, 0.3) is 5.56 Å². The van der Waals surface area contributed by atoms with Crippen molar-refractivity contribution < 1.29 is 23.7 Å². The molecule has 0 N–H and O–H groups in total. The number of para-hydroxylation sites is 1. The van der Waals surface area contributed by atoms with Crippen molar-refractivity contribution in [1.29, 1.82) is 0 Å². The zero-order chi connectivity index (χ0) is 31.6. The third-order valence-electron chi connectivity index (χ3n) is 7.60. The van der Waals surface area contributed by atoms with Gasteiger partial charge >= 0.3 is 5.97 Å². The first kappa shape index (κ1) is 29.8. The maximum absolute atomic E-state index is 14.3. The van der Waals surface area contributed by atoms with Gasteiger partial charge in [0.1, 0.15) is 12.4 Å². The Hall–Kier alpha value is -4.93. The molecule has 8 nitrogen and oxygen atoms in total. The Morgan fingerprint density at radius 2 is 1.76 bits per heavy atom. The molecule has 7 rings (SSSR count). The minimum Gasteiger partial charge on any atom is -0.488 e. The topological polar surface area (TPSA) is 88.4 Å². The Balaban J connectivity index is 1.39. The first-order chi connectivity index (χ1) is 22.5. The molecule has 0 saturated carbocycles. The van der Waals surface area contributed by atoms with Crippen LogP contribution in [0.3, 0.4) is 0 Å². The number of halogens is 1. The van der Waals surface area contributed by atoms with E-state index in [2.05, 4.69) is 15.9 Å². The van der Waals surface area contributed by atoms with Gasteiger partial charge in [-0.1, -0.05) is 94.0 Å². The van der Waals surface area contributed by atoms with E-state index in [1.807, 2.05) is 97.1 Å². The number of rotatable bonds is 8. The lowest BCUT2D eigenvalue weighted by Gasteiger charge is -2.26. The van der Waals surface area contributed by atoms with Gasteiger partial charge in [0.05, 0.1) is 28.5 Å². The van der Waals surface area contributed by atoms with Crippen molar-refractivity contribution in [1.82, 2.24) is 4.57 Å². The largest absolute Gasteiger partial charge is 0.488 e. The second kappa shape index (κ2) is 12.8. The summed E-state index contributed by atoms with van der Waals surface area (Å²) in [7, 11) is 0. The predicted molar refractivity (Wildman–Crippen MR) is 179 cm³/mol. The van der Waals surface area contributed by atoms with Crippen LogP contribution in [-0.2, 0) is 16.1 Å². The Bertz CT molecular complexity index is 2160. The van der Waals surface area contributed by atoms with Crippen LogP contribution in [-0.4, -0.2) is 23.9 Å². The summed E-state index contributed by atoms with van der Waals surface area (Å²) in [5.41, 5.74) is 3.60. The van der Waals surface area contributed by atoms with Gasteiger partial charge in [-0.2, -0.15) is 0 Å². The lowest BCUT2D eigenvalue weighted by Crippen LogP contribution is -2.40. The van der Waals surface area contributed by atoms with Gasteiger partial charge in [-0.25, -0.2) is 9.79 Å². The summed E-state index contributed by atoms with van der Waals surface area (Å²) < 4.78 is 26.0. The molecule has 0 bridgehead atoms. The SMILES string of the molecule is CCOC(=O)C1=C(c2ccccc2)N=c2s/c(=C\c3ccccc3OCc3ccc(Br)cc3)c(=O)n2[C@@H]1c1ccc2c(c1)OCO2. The fourth-order valence-corrected chi connectivity index (χ4v) is 6.71. The minimum absolute atomic E-state index is 0.0979. The van der Waals surface area contributed by atoms with Gasteiger partial charge < -0.3 is 18.9 Å². The first-order valence-corrected chi connectivity index (χ1v) is 16.3. The fourth-order valence-electron chi connectivity index (χ4n) is 5.45. The molecular weight excluding hydrogens is 668 g/mol. The lowest BCUT2D eigenvalue weighted by atomic mass is 9.93. The number of carbonyl (C=O) groups excluding carboxylic acids is 1. The first-order valence-electron chi connectivity index (χ1n) is 14.6. The number of nitrogens with zero attached hydrogens (tertiary/aromatic N) is 2. The molecule has 0 unspecified atom stereocenters. The van der Waals surface area contributed by atoms with Gasteiger partial charge in [-0.05, 0) is 54.5 Å². The van der Waals surface area contributed by atoms with E-state index in [1.165, 1.54) is 11.3 Å². The molecule has 2 aliphatic rings. The van der Waals surface area contributed by atoms with Crippen LogP contribution in [0.4, 0.5) is 0 Å². The molecular formula is C36H27BrN2O6S. The van der Waals surface area contributed by atoms with E-state index in [9.17, 15) is 9.59 Å². The van der Waals surface area contributed by atoms with E-state index in [4.69, 9.17) is 23.9 Å². The van der Waals surface area contributed by atoms with Crippen LogP contribution in [0.25, 0.3) is 11.8 Å². The highest BCUT2D eigenvalue weighted by Crippen LogP contribution is 2.40. The average Bonchev–Trinajstić information content (AvgIpc) is 3.68. The quantitative estimate of drug-likeness (QED) is 0.185. The second-order valence-electron chi connectivity index (χ2n) is 10.5. The molecule has 1 aromatic heterocycles. The zero-order valence-electron chi connectivity index (χ0n) is 24.6. The number of aromatic nitrogens is 1. The molecule has 0 radical (unpaired) electrons. The van der Waals surface area contributed by atoms with E-state index in [0.717, 1.165) is 21.2 Å². The summed E-state index contributed by atoms with van der Waals surface area (Å²) in [6.07, 6.45) is 1.81. The highest BCUT2D eigenvalue weighted by Gasteiger charge is 2.36. The van der Waals surface area contributed by atoms with E-state index in [1.54, 1.807) is 17.6 Å². The smallest absolute Gasteiger partial charge is 0.338 e. The van der Waals surface area contributed by atoms with Crippen LogP contribution in [0.1, 0.15) is 35.2 Å². The molecule has 5 aromatic rings. The number of thiazole rings is 1. The van der Waals surface area contributed by atoms with Crippen LogP contribution < -0.4 is 29.1 Å². The molecule has 0 aliphatic carbocycles. The predicted octanol–water partition coefficient (Wildman–Crippen LogP) is 6.01. The third kappa shape index (κ3) is 5.77. The van der Waals surface area contributed by atoms with Crippen LogP contribution >= 0.6 is 27.3 Å². The van der Waals surface area contributed by atoms with Crippen LogP contribution in [0.2, 0.25) is 0 Å². The molecule has 0 fully saturated rings. The van der Waals surface area contributed by atoms with Gasteiger partial charge in [0, 0.05) is 15.6 Å². The summed E-state index contributed by atoms with van der Waals surface area (Å²) >= 11 is 4.72. The van der Waals surface area contributed by atoms with Crippen molar-refractivity contribution in [3.05, 3.63) is 149 Å². The Labute approximate surface area is 276 Å². The molecule has 1 atom stereocenters. The van der Waals surface area contributed by atoms with Gasteiger partial charge in [0.2, 0.25) is 6.79 Å². The number of carbonyl (C=O) groups is 1. The number of ether oxygens (including phenoxy) is 4. The van der Waals surface area contributed by atoms with Gasteiger partial charge in [-0.3, -0.25) is 9.36 Å². The average molecular weight is 696 g/mol. The molecule has 4 aromatic carbocycles. The Morgan fingerprint density at radius 3 is 2.57 bits per heavy atom. The number of esters is 1.